The van der Waals surface area contributed by atoms with Crippen LogP contribution in [-0.2, 0) is 83.6 Å². The van der Waals surface area contributed by atoms with E-state index in [0.29, 0.717) is 18.9 Å². The number of rotatable bonds is 46. The van der Waals surface area contributed by atoms with Crippen molar-refractivity contribution in [2.75, 3.05) is 182 Å². The number of anilines is 2. The first kappa shape index (κ1) is 73.5. The molecule has 0 unspecified atom stereocenters. The maximum Gasteiger partial charge on any atom is 0.434 e. The van der Waals surface area contributed by atoms with Crippen LogP contribution >= 0.6 is 0 Å². The number of carboxylic acid groups (broad SMARTS) is 1. The molecule has 0 aliphatic carbocycles. The zero-order valence-electron chi connectivity index (χ0n) is 47.7. The van der Waals surface area contributed by atoms with Crippen molar-refractivity contribution in [2.45, 2.75) is 86.9 Å². The number of halogens is 6. The first-order valence-corrected chi connectivity index (χ1v) is 27.8. The Labute approximate surface area is 492 Å². The van der Waals surface area contributed by atoms with E-state index in [1.807, 2.05) is 0 Å². The van der Waals surface area contributed by atoms with Crippen molar-refractivity contribution in [3.8, 4) is 0 Å². The molecule has 86 heavy (non-hydrogen) atoms. The van der Waals surface area contributed by atoms with Gasteiger partial charge in [-0.3, -0.25) is 29.3 Å². The Bertz CT molecular complexity index is 2060. The number of alkyl halides is 6. The van der Waals surface area contributed by atoms with Crippen molar-refractivity contribution in [3.05, 3.63) is 36.2 Å². The largest absolute Gasteiger partial charge is 0.480 e. The number of nitrogens with one attached hydrogen (secondary N) is 4. The maximum absolute atomic E-state index is 13.0. The second-order valence-electron chi connectivity index (χ2n) is 19.1. The summed E-state index contributed by atoms with van der Waals surface area (Å²) >= 11 is 0. The van der Waals surface area contributed by atoms with Crippen molar-refractivity contribution >= 4 is 29.4 Å². The van der Waals surface area contributed by atoms with Crippen LogP contribution in [-0.4, -0.2) is 294 Å². The first-order valence-electron chi connectivity index (χ1n) is 27.8. The number of aliphatic hydroxyl groups excluding tert-OH is 4. The third-order valence-electron chi connectivity index (χ3n) is 12.5. The SMILES string of the molecule is CCN(CC(=O)O)C(COCCC(=O)NCCOCCOCCOCCOC[C@H]1OC[C@H](Nc2cncc(C(F)(F)F)n2)[C@@H](O)[C@H]1O)COCCC(=O)NCCOCCOCCOCCOC[C@H]1OC[C@H](Nc2cncc(C(F)(F)F)n2)[C@@H](O)[C@H]1O. The van der Waals surface area contributed by atoms with Crippen LogP contribution < -0.4 is 21.3 Å². The van der Waals surface area contributed by atoms with Gasteiger partial charge in [0.1, 0.15) is 48.3 Å². The first-order chi connectivity index (χ1) is 41.3. The van der Waals surface area contributed by atoms with Crippen molar-refractivity contribution < 1.29 is 123 Å². The van der Waals surface area contributed by atoms with Gasteiger partial charge in [0.15, 0.2) is 11.4 Å². The van der Waals surface area contributed by atoms with Crippen LogP contribution in [0.5, 0.6) is 0 Å². The topological polar surface area (TPSA) is 366 Å². The summed E-state index contributed by atoms with van der Waals surface area (Å²) in [6.45, 7) is 5.56. The monoisotopic (exact) mass is 1250 g/mol. The second-order valence-corrected chi connectivity index (χ2v) is 19.1. The molecule has 2 aromatic rings. The van der Waals surface area contributed by atoms with E-state index in [4.69, 9.17) is 56.8 Å². The molecule has 2 amide bonds. The molecule has 0 radical (unpaired) electrons. The molecule has 2 fully saturated rings. The zero-order chi connectivity index (χ0) is 62.6. The number of amides is 2. The number of hydrogen-bond acceptors (Lipinski definition) is 26. The fourth-order valence-electron chi connectivity index (χ4n) is 7.96. The molecule has 4 rings (SSSR count). The van der Waals surface area contributed by atoms with E-state index in [1.54, 1.807) is 11.8 Å². The molecule has 2 aromatic heterocycles. The molecule has 8 atom stereocenters. The predicted molar refractivity (Wildman–Crippen MR) is 285 cm³/mol. The Kier molecular flexibility index (Phi) is 35.3. The van der Waals surface area contributed by atoms with E-state index < -0.39 is 84.5 Å². The molecule has 0 spiro atoms. The Morgan fingerprint density at radius 2 is 0.907 bits per heavy atom. The van der Waals surface area contributed by atoms with E-state index in [-0.39, 0.29) is 201 Å². The normalized spacial score (nSPS) is 21.0. The Morgan fingerprint density at radius 3 is 1.26 bits per heavy atom. The van der Waals surface area contributed by atoms with Gasteiger partial charge >= 0.3 is 18.3 Å². The summed E-state index contributed by atoms with van der Waals surface area (Å²) in [4.78, 5) is 51.8. The van der Waals surface area contributed by atoms with Crippen LogP contribution in [0.15, 0.2) is 24.8 Å². The van der Waals surface area contributed by atoms with Gasteiger partial charge in [0, 0.05) is 25.9 Å². The summed E-state index contributed by atoms with van der Waals surface area (Å²) in [6.07, 6.45) is -13.4. The number of carbonyl (C=O) groups is 3. The van der Waals surface area contributed by atoms with Gasteiger partial charge in [-0.25, -0.2) is 9.97 Å². The number of aliphatic carboxylic acids is 1. The Morgan fingerprint density at radius 1 is 0.547 bits per heavy atom. The van der Waals surface area contributed by atoms with Crippen LogP contribution in [0.1, 0.15) is 31.2 Å². The minimum absolute atomic E-state index is 0.0451. The van der Waals surface area contributed by atoms with Crippen molar-refractivity contribution in [1.82, 2.24) is 35.5 Å². The Hall–Kier alpha value is -4.93. The van der Waals surface area contributed by atoms with Crippen LogP contribution in [0.25, 0.3) is 0 Å². The molecule has 35 heteroatoms. The third-order valence-corrected chi connectivity index (χ3v) is 12.5. The van der Waals surface area contributed by atoms with Crippen molar-refractivity contribution in [3.63, 3.8) is 0 Å². The molecule has 0 aromatic carbocycles. The lowest BCUT2D eigenvalue weighted by Gasteiger charge is -2.38. The van der Waals surface area contributed by atoms with E-state index in [9.17, 15) is 66.3 Å². The van der Waals surface area contributed by atoms with E-state index in [1.165, 1.54) is 0 Å². The van der Waals surface area contributed by atoms with Crippen LogP contribution in [0.2, 0.25) is 0 Å². The fourth-order valence-corrected chi connectivity index (χ4v) is 7.96. The zero-order valence-corrected chi connectivity index (χ0v) is 47.7. The number of carboxylic acids is 1. The average Bonchev–Trinajstić information content (AvgIpc) is 2.26. The molecular weight excluding hydrogens is 1170 g/mol. The molecule has 2 saturated heterocycles. The number of nitrogens with zero attached hydrogens (tertiary/aromatic N) is 5. The summed E-state index contributed by atoms with van der Waals surface area (Å²) in [7, 11) is 0. The molecular formula is C51H81F6N9O20. The van der Waals surface area contributed by atoms with Gasteiger partial charge in [-0.1, -0.05) is 6.92 Å². The quantitative estimate of drug-likeness (QED) is 0.0277. The standard InChI is InChI=1S/C51H81F6N9O20/c1-2-66(27-45(69)70)34(28-81-7-3-43(67)60-5-9-75-11-13-77-15-17-79-19-21-83-32-37-48(73)46(71)35(30-85-37)62-41-25-58-23-39(64-41)50(52,53)54)29-82-8-4-44(68)61-6-10-76-12-14-78-16-18-80-20-22-84-33-38-49(74)47(72)36(31-86-38)63-42-26-59-24-40(65-42)51(55,56)57/h23-26,34-38,46-49,71-74H,2-22,27-33H2,1H3,(H,60,67)(H,61,68)(H,62,64)(H,63,65)(H,69,70)/t35-,36-,37+,38+,46+,47+,48-,49-/m0/s1. The van der Waals surface area contributed by atoms with E-state index >= 15 is 0 Å². The van der Waals surface area contributed by atoms with Gasteiger partial charge in [-0.15, -0.1) is 0 Å². The van der Waals surface area contributed by atoms with Crippen molar-refractivity contribution in [2.24, 2.45) is 0 Å². The minimum Gasteiger partial charge on any atom is -0.480 e. The number of likely N-dealkylation sites (N-methyl/N-ethyl adjacent to an activating group) is 1. The number of aliphatic hydroxyl groups is 4. The van der Waals surface area contributed by atoms with Gasteiger partial charge in [0.05, 0.1) is 195 Å². The Balaban J connectivity index is 0.898. The predicted octanol–water partition coefficient (Wildman–Crippen LogP) is -1.24. The number of aromatic nitrogens is 4. The molecule has 29 nitrogen and oxygen atoms in total. The highest BCUT2D eigenvalue weighted by Crippen LogP contribution is 2.29. The summed E-state index contributed by atoms with van der Waals surface area (Å²) in [5.74, 6) is -2.06. The minimum atomic E-state index is -4.70. The smallest absolute Gasteiger partial charge is 0.434 e. The highest BCUT2D eigenvalue weighted by Gasteiger charge is 2.41. The van der Waals surface area contributed by atoms with Gasteiger partial charge in [0.2, 0.25) is 11.8 Å². The third kappa shape index (κ3) is 29.8. The second kappa shape index (κ2) is 41.3. The number of hydrogen-bond donors (Lipinski definition) is 9. The van der Waals surface area contributed by atoms with Crippen LogP contribution in [0, 0.1) is 0 Å². The van der Waals surface area contributed by atoms with Gasteiger partial charge < -0.3 is 104 Å². The van der Waals surface area contributed by atoms with Gasteiger partial charge in [-0.05, 0) is 6.54 Å². The average molecular weight is 1250 g/mol. The van der Waals surface area contributed by atoms with E-state index in [0.717, 1.165) is 12.4 Å². The van der Waals surface area contributed by atoms with Gasteiger partial charge in [-0.2, -0.15) is 26.3 Å². The van der Waals surface area contributed by atoms with Crippen LogP contribution in [0.4, 0.5) is 38.0 Å². The number of carbonyl (C=O) groups excluding carboxylic acids is 2. The lowest BCUT2D eigenvalue weighted by molar-refractivity contribution is -0.161. The molecule has 492 valence electrons. The highest BCUT2D eigenvalue weighted by atomic mass is 19.4. The summed E-state index contributed by atoms with van der Waals surface area (Å²) in [5.41, 5.74) is -2.42. The van der Waals surface area contributed by atoms with Crippen LogP contribution in [0.3, 0.4) is 0 Å². The summed E-state index contributed by atoms with van der Waals surface area (Å²) in [5, 5.41) is 62.0. The summed E-state index contributed by atoms with van der Waals surface area (Å²) in [6, 6.07) is -2.35. The molecule has 0 bridgehead atoms. The molecule has 2 aliphatic rings. The lowest BCUT2D eigenvalue weighted by atomic mass is 9.98. The molecule has 2 aliphatic heterocycles. The molecule has 0 saturated carbocycles. The molecule has 9 N–H and O–H groups in total. The fraction of sp³-hybridized carbons (Fsp3) is 0.784. The summed E-state index contributed by atoms with van der Waals surface area (Å²) < 4.78 is 144. The van der Waals surface area contributed by atoms with Gasteiger partial charge in [0.25, 0.3) is 0 Å². The highest BCUT2D eigenvalue weighted by molar-refractivity contribution is 5.76. The van der Waals surface area contributed by atoms with Crippen molar-refractivity contribution in [1.29, 1.82) is 0 Å². The lowest BCUT2D eigenvalue weighted by Crippen LogP contribution is -2.57. The maximum atomic E-state index is 13.0. The molecule has 4 heterocycles. The van der Waals surface area contributed by atoms with E-state index in [2.05, 4.69) is 41.2 Å². The number of ether oxygens (including phenoxy) is 12.